The van der Waals surface area contributed by atoms with Crippen LogP contribution in [0.4, 0.5) is 4.39 Å². The Morgan fingerprint density at radius 1 is 1.29 bits per heavy atom. The van der Waals surface area contributed by atoms with Gasteiger partial charge in [0.1, 0.15) is 12.4 Å². The van der Waals surface area contributed by atoms with Gasteiger partial charge in [0.2, 0.25) is 5.91 Å². The number of likely N-dealkylation sites (tertiary alicyclic amines) is 1. The van der Waals surface area contributed by atoms with Crippen molar-refractivity contribution >= 4 is 28.7 Å². The van der Waals surface area contributed by atoms with Gasteiger partial charge in [0, 0.05) is 37.6 Å². The van der Waals surface area contributed by atoms with Gasteiger partial charge in [-0.05, 0) is 37.5 Å². The lowest BCUT2D eigenvalue weighted by atomic mass is 10.1. The fourth-order valence-corrected chi connectivity index (χ4v) is 3.73. The van der Waals surface area contributed by atoms with Crippen LogP contribution in [0.1, 0.15) is 36.5 Å². The van der Waals surface area contributed by atoms with Crippen LogP contribution >= 0.6 is 0 Å². The highest BCUT2D eigenvalue weighted by atomic mass is 19.1. The van der Waals surface area contributed by atoms with E-state index in [1.54, 1.807) is 23.2 Å². The minimum Gasteiger partial charge on any atom is -0.480 e. The molecule has 2 aromatic rings. The van der Waals surface area contributed by atoms with Crippen LogP contribution in [-0.4, -0.2) is 63.4 Å². The fraction of sp³-hybridized carbons (Fsp3) is 0.400. The predicted octanol–water partition coefficient (Wildman–Crippen LogP) is 2.30. The third-order valence-electron chi connectivity index (χ3n) is 5.04. The lowest BCUT2D eigenvalue weighted by Crippen LogP contribution is -2.43. The Morgan fingerprint density at radius 3 is 2.79 bits per heavy atom. The molecular formula is C20H22FN3O4. The van der Waals surface area contributed by atoms with E-state index in [0.29, 0.717) is 43.3 Å². The van der Waals surface area contributed by atoms with Gasteiger partial charge in [0.05, 0.1) is 11.1 Å². The quantitative estimate of drug-likeness (QED) is 0.869. The summed E-state index contributed by atoms with van der Waals surface area (Å²) in [5.74, 6) is -2.17. The van der Waals surface area contributed by atoms with Crippen molar-refractivity contribution in [1.82, 2.24) is 14.8 Å². The normalized spacial score (nSPS) is 17.2. The number of carbonyl (C=O) groups excluding carboxylic acids is 2. The topological polar surface area (TPSA) is 90.8 Å². The molecule has 7 nitrogen and oxygen atoms in total. The first-order valence-electron chi connectivity index (χ1n) is 9.19. The molecule has 0 aliphatic carbocycles. The van der Waals surface area contributed by atoms with Crippen LogP contribution < -0.4 is 0 Å². The van der Waals surface area contributed by atoms with Gasteiger partial charge in [-0.25, -0.2) is 4.39 Å². The van der Waals surface area contributed by atoms with Crippen molar-refractivity contribution < 1.29 is 23.9 Å². The summed E-state index contributed by atoms with van der Waals surface area (Å²) in [6, 6.07) is 5.69. The zero-order valence-electron chi connectivity index (χ0n) is 15.6. The van der Waals surface area contributed by atoms with Gasteiger partial charge in [-0.2, -0.15) is 0 Å². The smallest absolute Gasteiger partial charge is 0.323 e. The highest BCUT2D eigenvalue weighted by molar-refractivity contribution is 6.05. The number of amides is 2. The van der Waals surface area contributed by atoms with E-state index >= 15 is 0 Å². The molecule has 0 bridgehead atoms. The molecule has 1 N–H and O–H groups in total. The number of carbonyl (C=O) groups is 3. The zero-order chi connectivity index (χ0) is 20.3. The second-order valence-electron chi connectivity index (χ2n) is 6.95. The summed E-state index contributed by atoms with van der Waals surface area (Å²) in [5, 5.41) is 9.61. The Balaban J connectivity index is 1.80. The lowest BCUT2D eigenvalue weighted by Gasteiger charge is -2.29. The number of aliphatic carboxylic acids is 1. The third-order valence-corrected chi connectivity index (χ3v) is 5.04. The van der Waals surface area contributed by atoms with Crippen molar-refractivity contribution in [3.05, 3.63) is 41.8 Å². The van der Waals surface area contributed by atoms with Gasteiger partial charge in [0.15, 0.2) is 0 Å². The van der Waals surface area contributed by atoms with E-state index in [9.17, 15) is 18.8 Å². The maximum absolute atomic E-state index is 14.0. The van der Waals surface area contributed by atoms with Crippen molar-refractivity contribution in [3.8, 4) is 0 Å². The summed E-state index contributed by atoms with van der Waals surface area (Å²) in [6.07, 6.45) is 3.27. The Kier molecular flexibility index (Phi) is 5.87. The number of rotatable bonds is 4. The Bertz CT molecular complexity index is 917. The molecule has 1 fully saturated rings. The average Bonchev–Trinajstić information content (AvgIpc) is 2.90. The molecule has 1 atom stereocenters. The number of carboxylic acid groups (broad SMARTS) is 1. The third kappa shape index (κ3) is 4.27. The van der Waals surface area contributed by atoms with Crippen LogP contribution in [0.5, 0.6) is 0 Å². The van der Waals surface area contributed by atoms with E-state index < -0.39 is 11.8 Å². The lowest BCUT2D eigenvalue weighted by molar-refractivity contribution is -0.145. The molecule has 148 valence electrons. The standard InChI is InChI=1S/C20H22FN3O4/c1-13(25)24(12-18(26)27)16-5-3-8-23(9-6-16)20(28)17-11-15(21)10-14-4-2-7-22-19(14)17/h2,4,7,10-11,16H,3,5-6,8-9,12H2,1H3,(H,26,27). The summed E-state index contributed by atoms with van der Waals surface area (Å²) in [7, 11) is 0. The molecule has 1 aliphatic heterocycles. The number of hydrogen-bond acceptors (Lipinski definition) is 4. The maximum Gasteiger partial charge on any atom is 0.323 e. The largest absolute Gasteiger partial charge is 0.480 e. The second-order valence-corrected chi connectivity index (χ2v) is 6.95. The molecule has 1 aliphatic rings. The first-order valence-corrected chi connectivity index (χ1v) is 9.19. The molecule has 2 heterocycles. The average molecular weight is 387 g/mol. The first-order chi connectivity index (χ1) is 13.4. The highest BCUT2D eigenvalue weighted by Crippen LogP contribution is 2.23. The van der Waals surface area contributed by atoms with Crippen molar-refractivity contribution in [1.29, 1.82) is 0 Å². The van der Waals surface area contributed by atoms with Crippen LogP contribution in [0.2, 0.25) is 0 Å². The fourth-order valence-electron chi connectivity index (χ4n) is 3.73. The van der Waals surface area contributed by atoms with E-state index in [4.69, 9.17) is 5.11 Å². The minimum absolute atomic E-state index is 0.211. The van der Waals surface area contributed by atoms with Crippen molar-refractivity contribution in [2.75, 3.05) is 19.6 Å². The summed E-state index contributed by atoms with van der Waals surface area (Å²) in [5.41, 5.74) is 0.661. The van der Waals surface area contributed by atoms with Gasteiger partial charge in [0.25, 0.3) is 5.91 Å². The number of hydrogen-bond donors (Lipinski definition) is 1. The first kappa shape index (κ1) is 19.7. The van der Waals surface area contributed by atoms with Gasteiger partial charge < -0.3 is 14.9 Å². The van der Waals surface area contributed by atoms with Gasteiger partial charge in [-0.3, -0.25) is 19.4 Å². The number of nitrogens with zero attached hydrogens (tertiary/aromatic N) is 3. The molecule has 0 spiro atoms. The van der Waals surface area contributed by atoms with Crippen molar-refractivity contribution in [2.45, 2.75) is 32.2 Å². The van der Waals surface area contributed by atoms with Crippen LogP contribution in [0, 0.1) is 5.82 Å². The number of carboxylic acids is 1. The summed E-state index contributed by atoms with van der Waals surface area (Å²) in [4.78, 5) is 43.1. The number of fused-ring (bicyclic) bond motifs is 1. The van der Waals surface area contributed by atoms with Gasteiger partial charge in [-0.1, -0.05) is 6.07 Å². The van der Waals surface area contributed by atoms with Gasteiger partial charge >= 0.3 is 5.97 Å². The maximum atomic E-state index is 14.0. The summed E-state index contributed by atoms with van der Waals surface area (Å²) < 4.78 is 14.0. The van der Waals surface area contributed by atoms with Crippen molar-refractivity contribution in [3.63, 3.8) is 0 Å². The number of halogens is 1. The Morgan fingerprint density at radius 2 is 2.07 bits per heavy atom. The molecule has 1 saturated heterocycles. The molecule has 2 amide bonds. The summed E-state index contributed by atoms with van der Waals surface area (Å²) >= 11 is 0. The summed E-state index contributed by atoms with van der Waals surface area (Å²) in [6.45, 7) is 1.81. The second kappa shape index (κ2) is 8.33. The van der Waals surface area contributed by atoms with E-state index in [2.05, 4.69) is 4.98 Å². The highest BCUT2D eigenvalue weighted by Gasteiger charge is 2.28. The van der Waals surface area contributed by atoms with E-state index in [-0.39, 0.29) is 30.0 Å². The van der Waals surface area contributed by atoms with Crippen LogP contribution in [0.3, 0.4) is 0 Å². The molecule has 8 heteroatoms. The number of benzene rings is 1. The van der Waals surface area contributed by atoms with Gasteiger partial charge in [-0.15, -0.1) is 0 Å². The van der Waals surface area contributed by atoms with Crippen molar-refractivity contribution in [2.24, 2.45) is 0 Å². The molecule has 0 radical (unpaired) electrons. The van der Waals surface area contributed by atoms with E-state index in [0.717, 1.165) is 0 Å². The van der Waals surface area contributed by atoms with E-state index in [1.807, 2.05) is 0 Å². The van der Waals surface area contributed by atoms with Crippen LogP contribution in [0.15, 0.2) is 30.5 Å². The Labute approximate surface area is 161 Å². The molecular weight excluding hydrogens is 365 g/mol. The molecule has 3 rings (SSSR count). The molecule has 1 unspecified atom stereocenters. The molecule has 1 aromatic heterocycles. The number of pyridine rings is 1. The predicted molar refractivity (Wildman–Crippen MR) is 100 cm³/mol. The Hall–Kier alpha value is -3.03. The minimum atomic E-state index is -1.07. The van der Waals surface area contributed by atoms with Crippen LogP contribution in [-0.2, 0) is 9.59 Å². The van der Waals surface area contributed by atoms with E-state index in [1.165, 1.54) is 24.0 Å². The zero-order valence-corrected chi connectivity index (χ0v) is 15.6. The molecule has 0 saturated carbocycles. The molecule has 28 heavy (non-hydrogen) atoms. The molecule has 1 aromatic carbocycles. The monoisotopic (exact) mass is 387 g/mol. The SMILES string of the molecule is CC(=O)N(CC(=O)O)C1CCCN(C(=O)c2cc(F)cc3cccnc23)CC1. The number of aromatic nitrogens is 1. The van der Waals surface area contributed by atoms with Crippen LogP contribution in [0.25, 0.3) is 10.9 Å².